The Morgan fingerprint density at radius 1 is 1.38 bits per heavy atom. The van der Waals surface area contributed by atoms with Crippen LogP contribution in [0.4, 0.5) is 0 Å². The lowest BCUT2D eigenvalue weighted by Crippen LogP contribution is -2.26. The van der Waals surface area contributed by atoms with Crippen LogP contribution in [0.25, 0.3) is 0 Å². The maximum absolute atomic E-state index is 11.6. The van der Waals surface area contributed by atoms with Crippen LogP contribution in [0, 0.1) is 0 Å². The van der Waals surface area contributed by atoms with E-state index in [9.17, 15) is 4.79 Å². The number of nitrogens with zero attached hydrogens (tertiary/aromatic N) is 2. The molecule has 1 amide bonds. The van der Waals surface area contributed by atoms with Crippen LogP contribution < -0.4 is 5.32 Å². The Bertz CT molecular complexity index is 442. The van der Waals surface area contributed by atoms with Crippen LogP contribution in [0.2, 0.25) is 0 Å². The molecular formula is C11H11N3OS. The number of nitrogens with one attached hydrogen (secondary N) is 1. The highest BCUT2D eigenvalue weighted by Gasteiger charge is 2.04. The minimum atomic E-state index is -0.143. The first-order chi connectivity index (χ1) is 7.86. The van der Waals surface area contributed by atoms with Crippen LogP contribution in [0.1, 0.15) is 16.2 Å². The maximum atomic E-state index is 11.6. The molecule has 16 heavy (non-hydrogen) atoms. The van der Waals surface area contributed by atoms with Crippen LogP contribution in [0.5, 0.6) is 0 Å². The number of amides is 1. The van der Waals surface area contributed by atoms with E-state index in [0.717, 1.165) is 12.1 Å². The molecule has 0 aliphatic heterocycles. The fourth-order valence-electron chi connectivity index (χ4n) is 1.25. The molecule has 4 nitrogen and oxygen atoms in total. The summed E-state index contributed by atoms with van der Waals surface area (Å²) in [7, 11) is 0. The maximum Gasteiger partial charge on any atom is 0.269 e. The summed E-state index contributed by atoms with van der Waals surface area (Å²) < 4.78 is 0. The first-order valence-electron chi connectivity index (χ1n) is 4.92. The van der Waals surface area contributed by atoms with Gasteiger partial charge in [-0.3, -0.25) is 9.78 Å². The second kappa shape index (κ2) is 5.37. The third-order valence-electron chi connectivity index (χ3n) is 2.05. The lowest BCUT2D eigenvalue weighted by atomic mass is 10.3. The highest BCUT2D eigenvalue weighted by atomic mass is 32.1. The summed E-state index contributed by atoms with van der Waals surface area (Å²) in [5, 5.41) is 4.78. The van der Waals surface area contributed by atoms with Crippen molar-refractivity contribution in [2.75, 3.05) is 6.54 Å². The fraction of sp³-hybridized carbons (Fsp3) is 0.182. The number of carbonyl (C=O) groups excluding carboxylic acids is 1. The lowest BCUT2D eigenvalue weighted by Gasteiger charge is -2.02. The van der Waals surface area contributed by atoms with Gasteiger partial charge in [0.05, 0.1) is 11.2 Å². The molecule has 5 heteroatoms. The van der Waals surface area contributed by atoms with Gasteiger partial charge in [-0.15, -0.1) is 11.3 Å². The van der Waals surface area contributed by atoms with E-state index in [-0.39, 0.29) is 5.91 Å². The third-order valence-corrected chi connectivity index (χ3v) is 2.68. The molecule has 0 bridgehead atoms. The van der Waals surface area contributed by atoms with Gasteiger partial charge in [-0.2, -0.15) is 0 Å². The topological polar surface area (TPSA) is 54.9 Å². The molecule has 0 radical (unpaired) electrons. The van der Waals surface area contributed by atoms with Gasteiger partial charge < -0.3 is 5.32 Å². The van der Waals surface area contributed by atoms with Gasteiger partial charge in [0.15, 0.2) is 0 Å². The predicted octanol–water partition coefficient (Wildman–Crippen LogP) is 1.51. The highest BCUT2D eigenvalue weighted by Crippen LogP contribution is 2.00. The molecule has 0 atom stereocenters. The van der Waals surface area contributed by atoms with Crippen molar-refractivity contribution in [3.8, 4) is 0 Å². The summed E-state index contributed by atoms with van der Waals surface area (Å²) in [6.07, 6.45) is 2.36. The van der Waals surface area contributed by atoms with E-state index >= 15 is 0 Å². The monoisotopic (exact) mass is 233 g/mol. The molecule has 0 aromatic carbocycles. The first kappa shape index (κ1) is 10.8. The van der Waals surface area contributed by atoms with E-state index in [1.165, 1.54) is 0 Å². The van der Waals surface area contributed by atoms with Crippen LogP contribution in [-0.2, 0) is 6.42 Å². The Balaban J connectivity index is 1.81. The van der Waals surface area contributed by atoms with Crippen molar-refractivity contribution in [2.45, 2.75) is 6.42 Å². The predicted molar refractivity (Wildman–Crippen MR) is 62.4 cm³/mol. The van der Waals surface area contributed by atoms with E-state index in [1.54, 1.807) is 41.2 Å². The average Bonchev–Trinajstić information content (AvgIpc) is 2.83. The molecule has 2 heterocycles. The number of thiazole rings is 1. The van der Waals surface area contributed by atoms with Gasteiger partial charge in [-0.25, -0.2) is 4.98 Å². The van der Waals surface area contributed by atoms with Crippen molar-refractivity contribution in [1.82, 2.24) is 15.3 Å². The van der Waals surface area contributed by atoms with Crippen LogP contribution in [0.15, 0.2) is 35.3 Å². The van der Waals surface area contributed by atoms with Gasteiger partial charge in [0.1, 0.15) is 5.69 Å². The van der Waals surface area contributed by atoms with Gasteiger partial charge in [0.25, 0.3) is 5.91 Å². The molecule has 1 N–H and O–H groups in total. The van der Waals surface area contributed by atoms with Gasteiger partial charge in [-0.1, -0.05) is 6.07 Å². The number of rotatable bonds is 4. The Labute approximate surface area is 97.4 Å². The molecule has 0 unspecified atom stereocenters. The summed E-state index contributed by atoms with van der Waals surface area (Å²) in [4.78, 5) is 19.7. The quantitative estimate of drug-likeness (QED) is 0.871. The van der Waals surface area contributed by atoms with E-state index in [2.05, 4.69) is 15.3 Å². The summed E-state index contributed by atoms with van der Waals surface area (Å²) in [6.45, 7) is 0.582. The summed E-state index contributed by atoms with van der Waals surface area (Å²) in [5.41, 5.74) is 3.24. The molecule has 0 fully saturated rings. The number of pyridine rings is 1. The van der Waals surface area contributed by atoms with Crippen LogP contribution in [0.3, 0.4) is 0 Å². The zero-order valence-electron chi connectivity index (χ0n) is 8.59. The molecule has 0 saturated carbocycles. The Morgan fingerprint density at radius 2 is 2.31 bits per heavy atom. The standard InChI is InChI=1S/C11H11N3OS/c15-11(10-3-1-2-5-12-10)13-6-4-9-7-16-8-14-9/h1-3,5,7-8H,4,6H2,(H,13,15). The zero-order valence-corrected chi connectivity index (χ0v) is 9.41. The molecule has 2 aromatic rings. The van der Waals surface area contributed by atoms with Crippen molar-refractivity contribution in [3.05, 3.63) is 46.7 Å². The molecule has 0 spiro atoms. The van der Waals surface area contributed by atoms with Gasteiger partial charge in [0.2, 0.25) is 0 Å². The number of carbonyl (C=O) groups is 1. The number of hydrogen-bond donors (Lipinski definition) is 1. The smallest absolute Gasteiger partial charge is 0.269 e. The Kier molecular flexibility index (Phi) is 3.61. The molecular weight excluding hydrogens is 222 g/mol. The SMILES string of the molecule is O=C(NCCc1cscn1)c1ccccn1. The number of aromatic nitrogens is 2. The van der Waals surface area contributed by atoms with E-state index in [4.69, 9.17) is 0 Å². The van der Waals surface area contributed by atoms with E-state index in [0.29, 0.717) is 12.2 Å². The van der Waals surface area contributed by atoms with Gasteiger partial charge in [0, 0.05) is 24.5 Å². The van der Waals surface area contributed by atoms with Crippen LogP contribution in [-0.4, -0.2) is 22.4 Å². The summed E-state index contributed by atoms with van der Waals surface area (Å²) >= 11 is 1.56. The van der Waals surface area contributed by atoms with Crippen molar-refractivity contribution >= 4 is 17.2 Å². The fourth-order valence-corrected chi connectivity index (χ4v) is 1.85. The molecule has 0 saturated heterocycles. The van der Waals surface area contributed by atoms with Crippen LogP contribution >= 0.6 is 11.3 Å². The summed E-state index contributed by atoms with van der Waals surface area (Å²) in [6, 6.07) is 5.27. The zero-order chi connectivity index (χ0) is 11.2. The van der Waals surface area contributed by atoms with Crippen molar-refractivity contribution in [1.29, 1.82) is 0 Å². The lowest BCUT2D eigenvalue weighted by molar-refractivity contribution is 0.0949. The van der Waals surface area contributed by atoms with Gasteiger partial charge in [-0.05, 0) is 12.1 Å². The Morgan fingerprint density at radius 3 is 3.00 bits per heavy atom. The third kappa shape index (κ3) is 2.87. The van der Waals surface area contributed by atoms with Gasteiger partial charge >= 0.3 is 0 Å². The minimum absolute atomic E-state index is 0.143. The average molecular weight is 233 g/mol. The van der Waals surface area contributed by atoms with Crippen molar-refractivity contribution in [3.63, 3.8) is 0 Å². The number of hydrogen-bond acceptors (Lipinski definition) is 4. The summed E-state index contributed by atoms with van der Waals surface area (Å²) in [5.74, 6) is -0.143. The molecule has 2 rings (SSSR count). The normalized spacial score (nSPS) is 10.0. The molecule has 2 aromatic heterocycles. The second-order valence-electron chi connectivity index (χ2n) is 3.20. The van der Waals surface area contributed by atoms with Crippen molar-refractivity contribution in [2.24, 2.45) is 0 Å². The van der Waals surface area contributed by atoms with E-state index in [1.807, 2.05) is 5.38 Å². The minimum Gasteiger partial charge on any atom is -0.350 e. The van der Waals surface area contributed by atoms with E-state index < -0.39 is 0 Å². The highest BCUT2D eigenvalue weighted by molar-refractivity contribution is 7.07. The molecule has 82 valence electrons. The molecule has 0 aliphatic carbocycles. The Hall–Kier alpha value is -1.75. The second-order valence-corrected chi connectivity index (χ2v) is 3.92. The molecule has 0 aliphatic rings. The van der Waals surface area contributed by atoms with Crippen molar-refractivity contribution < 1.29 is 4.79 Å². The largest absolute Gasteiger partial charge is 0.350 e. The first-order valence-corrected chi connectivity index (χ1v) is 5.87.